The minimum Gasteiger partial charge on any atom is -0.388 e. The molecule has 118 valence electrons. The standard InChI is InChI=1S/C16H23F2NO2/c1-2-21-15-3-6-19(7-4-15)8-5-16(20)12-9-13(17)11-14(18)10-12/h9-11,15-16,20H,2-8H2,1H3. The van der Waals surface area contributed by atoms with Crippen LogP contribution in [0.25, 0.3) is 0 Å². The van der Waals surface area contributed by atoms with Gasteiger partial charge < -0.3 is 14.7 Å². The molecule has 0 spiro atoms. The molecule has 5 heteroatoms. The molecule has 2 rings (SSSR count). The minimum absolute atomic E-state index is 0.303. The molecule has 0 aliphatic carbocycles. The van der Waals surface area contributed by atoms with Crippen LogP contribution in [0, 0.1) is 11.6 Å². The summed E-state index contributed by atoms with van der Waals surface area (Å²) < 4.78 is 31.8. The number of benzene rings is 1. The van der Waals surface area contributed by atoms with Gasteiger partial charge in [0.05, 0.1) is 12.2 Å². The number of aliphatic hydroxyl groups is 1. The number of piperidine rings is 1. The molecule has 1 aliphatic heterocycles. The highest BCUT2D eigenvalue weighted by atomic mass is 19.1. The van der Waals surface area contributed by atoms with Crippen LogP contribution in [0.15, 0.2) is 18.2 Å². The van der Waals surface area contributed by atoms with E-state index in [-0.39, 0.29) is 0 Å². The summed E-state index contributed by atoms with van der Waals surface area (Å²) in [6.45, 7) is 5.34. The maximum Gasteiger partial charge on any atom is 0.126 e. The van der Waals surface area contributed by atoms with Gasteiger partial charge in [0.1, 0.15) is 11.6 Å². The highest BCUT2D eigenvalue weighted by molar-refractivity contribution is 5.20. The molecule has 3 nitrogen and oxygen atoms in total. The molecular formula is C16H23F2NO2. The van der Waals surface area contributed by atoms with Gasteiger partial charge in [0.2, 0.25) is 0 Å². The lowest BCUT2D eigenvalue weighted by Gasteiger charge is -2.32. The van der Waals surface area contributed by atoms with Crippen LogP contribution in [0.4, 0.5) is 8.78 Å². The second-order valence-electron chi connectivity index (χ2n) is 5.50. The van der Waals surface area contributed by atoms with E-state index in [0.29, 0.717) is 18.1 Å². The minimum atomic E-state index is -0.834. The number of likely N-dealkylation sites (tertiary alicyclic amines) is 1. The zero-order chi connectivity index (χ0) is 15.2. The SMILES string of the molecule is CCOC1CCN(CCC(O)c2cc(F)cc(F)c2)CC1. The van der Waals surface area contributed by atoms with Gasteiger partial charge in [-0.2, -0.15) is 0 Å². The Morgan fingerprint density at radius 2 is 1.86 bits per heavy atom. The van der Waals surface area contributed by atoms with Crippen molar-refractivity contribution in [2.45, 2.75) is 38.4 Å². The van der Waals surface area contributed by atoms with E-state index in [2.05, 4.69) is 4.90 Å². The molecule has 0 aromatic heterocycles. The zero-order valence-corrected chi connectivity index (χ0v) is 12.4. The third kappa shape index (κ3) is 5.02. The molecule has 21 heavy (non-hydrogen) atoms. The number of ether oxygens (including phenoxy) is 1. The highest BCUT2D eigenvalue weighted by Crippen LogP contribution is 2.21. The Balaban J connectivity index is 1.78. The Kier molecular flexibility index (Phi) is 6.08. The van der Waals surface area contributed by atoms with Gasteiger partial charge in [-0.15, -0.1) is 0 Å². The largest absolute Gasteiger partial charge is 0.388 e. The number of hydrogen-bond acceptors (Lipinski definition) is 3. The fourth-order valence-electron chi connectivity index (χ4n) is 2.77. The Labute approximate surface area is 124 Å². The lowest BCUT2D eigenvalue weighted by molar-refractivity contribution is 0.0112. The fourth-order valence-corrected chi connectivity index (χ4v) is 2.77. The van der Waals surface area contributed by atoms with Gasteiger partial charge in [0.25, 0.3) is 0 Å². The van der Waals surface area contributed by atoms with Gasteiger partial charge in [-0.05, 0) is 43.9 Å². The first kappa shape index (κ1) is 16.3. The zero-order valence-electron chi connectivity index (χ0n) is 12.4. The Morgan fingerprint density at radius 3 is 2.43 bits per heavy atom. The van der Waals surface area contributed by atoms with E-state index in [0.717, 1.165) is 45.1 Å². The van der Waals surface area contributed by atoms with Crippen molar-refractivity contribution >= 4 is 0 Å². The van der Waals surface area contributed by atoms with E-state index in [9.17, 15) is 13.9 Å². The van der Waals surface area contributed by atoms with Crippen molar-refractivity contribution in [3.05, 3.63) is 35.4 Å². The molecule has 1 unspecified atom stereocenters. The van der Waals surface area contributed by atoms with E-state index < -0.39 is 17.7 Å². The molecule has 0 saturated carbocycles. The topological polar surface area (TPSA) is 32.7 Å². The second-order valence-corrected chi connectivity index (χ2v) is 5.50. The van der Waals surface area contributed by atoms with Gasteiger partial charge in [0.15, 0.2) is 0 Å². The van der Waals surface area contributed by atoms with E-state index in [1.54, 1.807) is 0 Å². The molecule has 1 aromatic carbocycles. The van der Waals surface area contributed by atoms with Crippen LogP contribution in [0.1, 0.15) is 37.9 Å². The van der Waals surface area contributed by atoms with Gasteiger partial charge in [-0.3, -0.25) is 0 Å². The van der Waals surface area contributed by atoms with E-state index in [1.165, 1.54) is 12.1 Å². The first-order valence-electron chi connectivity index (χ1n) is 7.56. The summed E-state index contributed by atoms with van der Waals surface area (Å²) in [6, 6.07) is 3.19. The van der Waals surface area contributed by atoms with Crippen LogP contribution in [0.2, 0.25) is 0 Å². The van der Waals surface area contributed by atoms with Crippen LogP contribution in [0.5, 0.6) is 0 Å². The summed E-state index contributed by atoms with van der Waals surface area (Å²) in [5.74, 6) is -1.30. The normalized spacial score (nSPS) is 18.9. The highest BCUT2D eigenvalue weighted by Gasteiger charge is 2.20. The van der Waals surface area contributed by atoms with Gasteiger partial charge in [-0.25, -0.2) is 8.78 Å². The maximum atomic E-state index is 13.1. The quantitative estimate of drug-likeness (QED) is 0.876. The van der Waals surface area contributed by atoms with E-state index in [4.69, 9.17) is 4.74 Å². The number of rotatable bonds is 6. The summed E-state index contributed by atoms with van der Waals surface area (Å²) in [6.07, 6.45) is 1.98. The monoisotopic (exact) mass is 299 g/mol. The van der Waals surface area contributed by atoms with Crippen LogP contribution >= 0.6 is 0 Å². The van der Waals surface area contributed by atoms with Crippen molar-refractivity contribution in [2.24, 2.45) is 0 Å². The van der Waals surface area contributed by atoms with Crippen LogP contribution in [0.3, 0.4) is 0 Å². The van der Waals surface area contributed by atoms with Gasteiger partial charge >= 0.3 is 0 Å². The van der Waals surface area contributed by atoms with E-state index in [1.807, 2.05) is 6.92 Å². The maximum absolute atomic E-state index is 13.1. The number of hydrogen-bond donors (Lipinski definition) is 1. The molecule has 1 aliphatic rings. The molecule has 1 aromatic rings. The molecule has 1 atom stereocenters. The Hall–Kier alpha value is -1.04. The summed E-state index contributed by atoms with van der Waals surface area (Å²) in [5, 5.41) is 10.1. The number of nitrogens with zero attached hydrogens (tertiary/aromatic N) is 1. The molecule has 0 amide bonds. The van der Waals surface area contributed by atoms with Crippen molar-refractivity contribution in [1.82, 2.24) is 4.90 Å². The Morgan fingerprint density at radius 1 is 1.24 bits per heavy atom. The lowest BCUT2D eigenvalue weighted by Crippen LogP contribution is -2.38. The lowest BCUT2D eigenvalue weighted by atomic mass is 10.0. The second kappa shape index (κ2) is 7.82. The third-order valence-corrected chi connectivity index (χ3v) is 3.93. The van der Waals surface area contributed by atoms with Crippen molar-refractivity contribution in [1.29, 1.82) is 0 Å². The molecule has 0 bridgehead atoms. The van der Waals surface area contributed by atoms with Crippen molar-refractivity contribution in [3.63, 3.8) is 0 Å². The summed E-state index contributed by atoms with van der Waals surface area (Å²) in [5.41, 5.74) is 0.303. The number of aliphatic hydroxyl groups excluding tert-OH is 1. The van der Waals surface area contributed by atoms with Gasteiger partial charge in [-0.1, -0.05) is 0 Å². The summed E-state index contributed by atoms with van der Waals surface area (Å²) >= 11 is 0. The summed E-state index contributed by atoms with van der Waals surface area (Å²) in [4.78, 5) is 2.26. The molecule has 1 heterocycles. The first-order valence-corrected chi connectivity index (χ1v) is 7.56. The van der Waals surface area contributed by atoms with Crippen molar-refractivity contribution in [3.8, 4) is 0 Å². The summed E-state index contributed by atoms with van der Waals surface area (Å²) in [7, 11) is 0. The van der Waals surface area contributed by atoms with Crippen LogP contribution < -0.4 is 0 Å². The molecule has 1 fully saturated rings. The predicted octanol–water partition coefficient (Wildman–Crippen LogP) is 2.89. The number of halogens is 2. The molecular weight excluding hydrogens is 276 g/mol. The Bertz CT molecular complexity index is 428. The van der Waals surface area contributed by atoms with Crippen molar-refractivity contribution < 1.29 is 18.6 Å². The molecule has 1 N–H and O–H groups in total. The third-order valence-electron chi connectivity index (χ3n) is 3.93. The average molecular weight is 299 g/mol. The average Bonchev–Trinajstić information content (AvgIpc) is 2.45. The first-order chi connectivity index (χ1) is 10.1. The molecule has 0 radical (unpaired) electrons. The van der Waals surface area contributed by atoms with E-state index >= 15 is 0 Å². The van der Waals surface area contributed by atoms with Crippen LogP contribution in [-0.2, 0) is 4.74 Å². The fraction of sp³-hybridized carbons (Fsp3) is 0.625. The predicted molar refractivity (Wildman–Crippen MR) is 77.0 cm³/mol. The van der Waals surface area contributed by atoms with Crippen LogP contribution in [-0.4, -0.2) is 42.4 Å². The van der Waals surface area contributed by atoms with Gasteiger partial charge in [0, 0.05) is 32.3 Å². The molecule has 1 saturated heterocycles. The van der Waals surface area contributed by atoms with Crippen molar-refractivity contribution in [2.75, 3.05) is 26.2 Å². The smallest absolute Gasteiger partial charge is 0.126 e.